The molecule has 63 heavy (non-hydrogen) atoms. The summed E-state index contributed by atoms with van der Waals surface area (Å²) in [7, 11) is 0. The number of hydrogen-bond donors (Lipinski definition) is 3. The molecule has 0 aliphatic rings. The van der Waals surface area contributed by atoms with Crippen LogP contribution in [0, 0.1) is 0 Å². The molecule has 0 radical (unpaired) electrons. The minimum atomic E-state index is -0.796. The molecule has 3 N–H and O–H groups in total. The molecule has 0 aliphatic heterocycles. The Balaban J connectivity index is 4.64. The molecule has 0 bridgehead atoms. The van der Waals surface area contributed by atoms with Crippen LogP contribution in [0.1, 0.15) is 265 Å². The number of carbonyl (C=O) groups excluding carboxylic acids is 2. The number of nitrogens with one attached hydrogen (secondary N) is 1. The number of ether oxygens (including phenoxy) is 1. The van der Waals surface area contributed by atoms with E-state index in [9.17, 15) is 19.8 Å². The zero-order valence-electron chi connectivity index (χ0n) is 41.7. The number of aliphatic hydroxyl groups excluding tert-OH is 2. The highest BCUT2D eigenvalue weighted by Gasteiger charge is 2.24. The topological polar surface area (TPSA) is 95.9 Å². The number of amides is 1. The van der Waals surface area contributed by atoms with E-state index in [2.05, 4.69) is 86.8 Å². The Morgan fingerprint density at radius 2 is 0.841 bits per heavy atom. The lowest BCUT2D eigenvalue weighted by Crippen LogP contribution is -2.46. The molecule has 3 atom stereocenters. The summed E-state index contributed by atoms with van der Waals surface area (Å²) in [6.45, 7) is 6.36. The molecule has 0 aromatic carbocycles. The Kier molecular flexibility index (Phi) is 48.6. The van der Waals surface area contributed by atoms with Crippen molar-refractivity contribution in [2.24, 2.45) is 0 Å². The van der Waals surface area contributed by atoms with E-state index in [0.717, 1.165) is 77.0 Å². The van der Waals surface area contributed by atoms with Gasteiger partial charge in [0.25, 0.3) is 0 Å². The van der Waals surface area contributed by atoms with Gasteiger partial charge in [0.15, 0.2) is 0 Å². The Morgan fingerprint density at radius 3 is 1.24 bits per heavy atom. The van der Waals surface area contributed by atoms with Gasteiger partial charge in [-0.05, 0) is 64.2 Å². The number of hydrogen-bond acceptors (Lipinski definition) is 5. The first-order valence-corrected chi connectivity index (χ1v) is 27.0. The summed E-state index contributed by atoms with van der Waals surface area (Å²) >= 11 is 0. The molecule has 0 aliphatic carbocycles. The van der Waals surface area contributed by atoms with E-state index in [1.54, 1.807) is 0 Å². The fourth-order valence-corrected chi connectivity index (χ4v) is 8.06. The maximum Gasteiger partial charge on any atom is 0.306 e. The fraction of sp³-hybridized carbons (Fsp3) is 0.789. The lowest BCUT2D eigenvalue weighted by molar-refractivity contribution is -0.151. The minimum Gasteiger partial charge on any atom is -0.462 e. The van der Waals surface area contributed by atoms with E-state index in [4.69, 9.17) is 4.74 Å². The third-order valence-corrected chi connectivity index (χ3v) is 12.1. The normalized spacial score (nSPS) is 13.7. The second-order valence-corrected chi connectivity index (χ2v) is 18.3. The molecule has 0 rings (SSSR count). The summed E-state index contributed by atoms with van der Waals surface area (Å²) in [6, 6.07) is -0.712. The van der Waals surface area contributed by atoms with Crippen molar-refractivity contribution < 1.29 is 24.5 Å². The van der Waals surface area contributed by atoms with Gasteiger partial charge >= 0.3 is 5.97 Å². The SMILES string of the molecule is CC/C=C\C/C=C\C/C=C\C/C=C\C/C=C\CCCC(=O)OC(CCCCCCCCCCCCCCCCCCC)CC(=O)NC(CO)C(O)CCCCCCCCCCCC. The van der Waals surface area contributed by atoms with Crippen LogP contribution in [-0.4, -0.2) is 46.9 Å². The highest BCUT2D eigenvalue weighted by atomic mass is 16.5. The summed E-state index contributed by atoms with van der Waals surface area (Å²) in [5, 5.41) is 23.7. The quantitative estimate of drug-likeness (QED) is 0.0321. The van der Waals surface area contributed by atoms with E-state index < -0.39 is 18.2 Å². The highest BCUT2D eigenvalue weighted by Crippen LogP contribution is 2.18. The number of unbranched alkanes of at least 4 members (excludes halogenated alkanes) is 26. The lowest BCUT2D eigenvalue weighted by Gasteiger charge is -2.24. The molecule has 0 fully saturated rings. The van der Waals surface area contributed by atoms with Crippen LogP contribution in [0.5, 0.6) is 0 Å². The molecular formula is C57H103NO5. The molecule has 6 nitrogen and oxygen atoms in total. The summed E-state index contributed by atoms with van der Waals surface area (Å²) in [4.78, 5) is 26.2. The Labute approximate surface area is 390 Å². The van der Waals surface area contributed by atoms with Crippen LogP contribution in [0.2, 0.25) is 0 Å². The van der Waals surface area contributed by atoms with E-state index in [0.29, 0.717) is 25.7 Å². The zero-order chi connectivity index (χ0) is 45.9. The molecule has 0 saturated heterocycles. The Hall–Kier alpha value is -2.44. The van der Waals surface area contributed by atoms with E-state index in [1.807, 2.05) is 0 Å². The average Bonchev–Trinajstić information content (AvgIpc) is 3.28. The first-order valence-electron chi connectivity index (χ1n) is 27.0. The van der Waals surface area contributed by atoms with Gasteiger partial charge in [-0.25, -0.2) is 0 Å². The van der Waals surface area contributed by atoms with Crippen LogP contribution in [0.15, 0.2) is 60.8 Å². The Bertz CT molecular complexity index is 1130. The molecule has 0 saturated carbocycles. The van der Waals surface area contributed by atoms with Crippen LogP contribution >= 0.6 is 0 Å². The molecule has 3 unspecified atom stereocenters. The van der Waals surface area contributed by atoms with Crippen molar-refractivity contribution in [2.75, 3.05) is 6.61 Å². The van der Waals surface area contributed by atoms with Crippen LogP contribution in [0.25, 0.3) is 0 Å². The van der Waals surface area contributed by atoms with Gasteiger partial charge in [0.1, 0.15) is 6.10 Å². The number of allylic oxidation sites excluding steroid dienone is 10. The van der Waals surface area contributed by atoms with Crippen molar-refractivity contribution in [3.05, 3.63) is 60.8 Å². The van der Waals surface area contributed by atoms with Gasteiger partial charge in [0.05, 0.1) is 25.2 Å². The van der Waals surface area contributed by atoms with Crippen LogP contribution in [-0.2, 0) is 14.3 Å². The van der Waals surface area contributed by atoms with Gasteiger partial charge in [-0.3, -0.25) is 9.59 Å². The largest absolute Gasteiger partial charge is 0.462 e. The highest BCUT2D eigenvalue weighted by molar-refractivity contribution is 5.77. The Morgan fingerprint density at radius 1 is 0.476 bits per heavy atom. The lowest BCUT2D eigenvalue weighted by atomic mass is 10.0. The molecule has 6 heteroatoms. The van der Waals surface area contributed by atoms with Crippen LogP contribution in [0.3, 0.4) is 0 Å². The molecule has 0 aromatic rings. The van der Waals surface area contributed by atoms with E-state index in [1.165, 1.54) is 135 Å². The third-order valence-electron chi connectivity index (χ3n) is 12.1. The van der Waals surface area contributed by atoms with Crippen LogP contribution < -0.4 is 5.32 Å². The number of esters is 1. The monoisotopic (exact) mass is 882 g/mol. The van der Waals surface area contributed by atoms with Gasteiger partial charge in [-0.15, -0.1) is 0 Å². The molecule has 366 valence electrons. The first-order chi connectivity index (χ1) is 31.0. The standard InChI is InChI=1S/C57H103NO5/c1-4-7-10-13-16-19-22-24-26-28-30-32-34-36-39-42-45-48-53(51-56(61)58-54(52-59)55(60)49-46-43-40-37-21-18-15-12-9-6-3)63-57(62)50-47-44-41-38-35-33-31-29-27-25-23-20-17-14-11-8-5-2/h8,11,17,20,25,27,31,33,38,41,53-55,59-60H,4-7,9-10,12-16,18-19,21-24,26,28-30,32,34-37,39-40,42-52H2,1-3H3,(H,58,61)/b11-8-,20-17-,27-25-,33-31-,41-38-. The van der Waals surface area contributed by atoms with E-state index >= 15 is 0 Å². The van der Waals surface area contributed by atoms with Crippen LogP contribution in [0.4, 0.5) is 0 Å². The average molecular weight is 882 g/mol. The van der Waals surface area contributed by atoms with Crippen molar-refractivity contribution in [3.63, 3.8) is 0 Å². The van der Waals surface area contributed by atoms with Crippen molar-refractivity contribution in [1.29, 1.82) is 0 Å². The maximum atomic E-state index is 13.2. The summed E-state index contributed by atoms with van der Waals surface area (Å²) < 4.78 is 5.92. The van der Waals surface area contributed by atoms with Gasteiger partial charge < -0.3 is 20.3 Å². The molecular weight excluding hydrogens is 779 g/mol. The third kappa shape index (κ3) is 45.9. The summed E-state index contributed by atoms with van der Waals surface area (Å²) in [6.07, 6.45) is 62.9. The second kappa shape index (κ2) is 50.6. The molecule has 0 spiro atoms. The van der Waals surface area contributed by atoms with E-state index in [-0.39, 0.29) is 24.9 Å². The van der Waals surface area contributed by atoms with Gasteiger partial charge in [-0.1, -0.05) is 248 Å². The minimum absolute atomic E-state index is 0.0564. The smallest absolute Gasteiger partial charge is 0.306 e. The maximum absolute atomic E-state index is 13.2. The summed E-state index contributed by atoms with van der Waals surface area (Å²) in [5.74, 6) is -0.536. The number of rotatable bonds is 48. The first kappa shape index (κ1) is 60.6. The van der Waals surface area contributed by atoms with Gasteiger partial charge in [0.2, 0.25) is 5.91 Å². The second-order valence-electron chi connectivity index (χ2n) is 18.3. The predicted octanol–water partition coefficient (Wildman–Crippen LogP) is 16.4. The van der Waals surface area contributed by atoms with Crippen molar-refractivity contribution >= 4 is 11.9 Å². The summed E-state index contributed by atoms with van der Waals surface area (Å²) in [5.41, 5.74) is 0. The predicted molar refractivity (Wildman–Crippen MR) is 273 cm³/mol. The number of carbonyl (C=O) groups is 2. The van der Waals surface area contributed by atoms with Crippen molar-refractivity contribution in [1.82, 2.24) is 5.32 Å². The molecule has 1 amide bonds. The van der Waals surface area contributed by atoms with Crippen molar-refractivity contribution in [3.8, 4) is 0 Å². The van der Waals surface area contributed by atoms with Crippen molar-refractivity contribution in [2.45, 2.75) is 283 Å². The molecule has 0 heterocycles. The molecule has 0 aromatic heterocycles. The van der Waals surface area contributed by atoms with Gasteiger partial charge in [0, 0.05) is 6.42 Å². The fourth-order valence-electron chi connectivity index (χ4n) is 8.06. The number of aliphatic hydroxyl groups is 2. The van der Waals surface area contributed by atoms with Gasteiger partial charge in [-0.2, -0.15) is 0 Å². The zero-order valence-corrected chi connectivity index (χ0v) is 41.7.